The summed E-state index contributed by atoms with van der Waals surface area (Å²) in [6, 6.07) is 6.03. The number of aliphatic imine (C=N–C) groups is 1. The lowest BCUT2D eigenvalue weighted by molar-refractivity contribution is 0.363. The molecule has 24 heavy (non-hydrogen) atoms. The molecule has 0 spiro atoms. The van der Waals surface area contributed by atoms with Crippen molar-refractivity contribution in [3.8, 4) is 5.75 Å². The van der Waals surface area contributed by atoms with E-state index in [1.165, 1.54) is 24.4 Å². The summed E-state index contributed by atoms with van der Waals surface area (Å²) in [5, 5.41) is 9.23. The van der Waals surface area contributed by atoms with Crippen molar-refractivity contribution in [2.75, 3.05) is 6.67 Å². The molecule has 7 heteroatoms. The zero-order valence-corrected chi connectivity index (χ0v) is 13.1. The van der Waals surface area contributed by atoms with Crippen LogP contribution in [-0.2, 0) is 6.54 Å². The predicted molar refractivity (Wildman–Crippen MR) is 86.3 cm³/mol. The van der Waals surface area contributed by atoms with Crippen LogP contribution in [0.15, 0.2) is 41.5 Å². The van der Waals surface area contributed by atoms with Gasteiger partial charge in [0.25, 0.3) is 0 Å². The van der Waals surface area contributed by atoms with E-state index in [1.54, 1.807) is 11.1 Å². The largest absolute Gasteiger partial charge is 0.505 e. The highest BCUT2D eigenvalue weighted by Crippen LogP contribution is 2.25. The lowest BCUT2D eigenvalue weighted by Gasteiger charge is -2.23. The summed E-state index contributed by atoms with van der Waals surface area (Å²) in [6.45, 7) is 0.168. The fourth-order valence-electron chi connectivity index (χ4n) is 2.37. The average Bonchev–Trinajstić information content (AvgIpc) is 2.54. The second-order valence-corrected chi connectivity index (χ2v) is 5.74. The van der Waals surface area contributed by atoms with Crippen LogP contribution in [0.4, 0.5) is 13.2 Å². The van der Waals surface area contributed by atoms with Gasteiger partial charge in [0.05, 0.1) is 6.54 Å². The van der Waals surface area contributed by atoms with Crippen LogP contribution in [0.25, 0.3) is 5.57 Å². The first-order valence-corrected chi connectivity index (χ1v) is 7.40. The Morgan fingerprint density at radius 3 is 2.46 bits per heavy atom. The molecule has 3 nitrogen and oxygen atoms in total. The predicted octanol–water partition coefficient (Wildman–Crippen LogP) is 4.35. The Morgan fingerprint density at radius 1 is 1.08 bits per heavy atom. The molecule has 1 N–H and O–H groups in total. The number of aromatic hydroxyl groups is 1. The highest BCUT2D eigenvalue weighted by atomic mass is 35.5. The second-order valence-electron chi connectivity index (χ2n) is 5.30. The molecule has 0 atom stereocenters. The molecule has 1 heterocycles. The Morgan fingerprint density at radius 2 is 1.79 bits per heavy atom. The van der Waals surface area contributed by atoms with Crippen molar-refractivity contribution in [2.24, 2.45) is 4.99 Å². The maximum atomic E-state index is 13.9. The number of benzene rings is 2. The molecule has 0 radical (unpaired) electrons. The van der Waals surface area contributed by atoms with E-state index in [0.717, 1.165) is 12.1 Å². The minimum absolute atomic E-state index is 0.0128. The van der Waals surface area contributed by atoms with E-state index in [9.17, 15) is 18.3 Å². The van der Waals surface area contributed by atoms with Gasteiger partial charge >= 0.3 is 0 Å². The summed E-state index contributed by atoms with van der Waals surface area (Å²) in [4.78, 5) is 5.71. The van der Waals surface area contributed by atoms with Crippen LogP contribution in [0.5, 0.6) is 5.75 Å². The Labute approximate surface area is 141 Å². The molecule has 0 saturated heterocycles. The van der Waals surface area contributed by atoms with Gasteiger partial charge in [-0.3, -0.25) is 4.99 Å². The molecule has 0 bridgehead atoms. The molecule has 124 valence electrons. The van der Waals surface area contributed by atoms with E-state index >= 15 is 0 Å². The number of halogens is 4. The molecule has 0 amide bonds. The van der Waals surface area contributed by atoms with Crippen molar-refractivity contribution in [3.05, 3.63) is 70.1 Å². The fourth-order valence-corrected chi connectivity index (χ4v) is 2.56. The van der Waals surface area contributed by atoms with Gasteiger partial charge in [-0.2, -0.15) is 0 Å². The first-order chi connectivity index (χ1) is 11.4. The van der Waals surface area contributed by atoms with Gasteiger partial charge < -0.3 is 10.0 Å². The van der Waals surface area contributed by atoms with Crippen molar-refractivity contribution in [1.82, 2.24) is 4.90 Å². The molecule has 2 aromatic carbocycles. The van der Waals surface area contributed by atoms with Gasteiger partial charge in [-0.05, 0) is 29.8 Å². The van der Waals surface area contributed by atoms with Crippen molar-refractivity contribution < 1.29 is 18.3 Å². The smallest absolute Gasteiger partial charge is 0.165 e. The summed E-state index contributed by atoms with van der Waals surface area (Å²) in [6.07, 6.45) is 3.17. The Bertz CT molecular complexity index is 829. The summed E-state index contributed by atoms with van der Waals surface area (Å²) in [5.74, 6) is -2.68. The summed E-state index contributed by atoms with van der Waals surface area (Å²) >= 11 is 5.61. The van der Waals surface area contributed by atoms with Gasteiger partial charge in [0.15, 0.2) is 11.6 Å². The SMILES string of the molecule is Oc1ccc(C2=CN(Cc3c(F)cc(Cl)cc3F)CN=C2)cc1F. The van der Waals surface area contributed by atoms with Gasteiger partial charge in [-0.1, -0.05) is 17.7 Å². The molecule has 1 aliphatic rings. The van der Waals surface area contributed by atoms with Gasteiger partial charge in [0, 0.05) is 28.6 Å². The second kappa shape index (κ2) is 6.57. The molecule has 0 aliphatic carbocycles. The molecule has 0 saturated carbocycles. The third kappa shape index (κ3) is 3.38. The van der Waals surface area contributed by atoms with Crippen LogP contribution >= 0.6 is 11.6 Å². The topological polar surface area (TPSA) is 35.8 Å². The van der Waals surface area contributed by atoms with Crippen molar-refractivity contribution in [2.45, 2.75) is 6.54 Å². The number of phenols is 1. The number of hydrogen-bond donors (Lipinski definition) is 1. The van der Waals surface area contributed by atoms with Crippen LogP contribution < -0.4 is 0 Å². The van der Waals surface area contributed by atoms with Crippen LogP contribution in [0, 0.1) is 17.5 Å². The first-order valence-electron chi connectivity index (χ1n) is 7.02. The van der Waals surface area contributed by atoms with Crippen LogP contribution in [-0.4, -0.2) is 22.9 Å². The van der Waals surface area contributed by atoms with Gasteiger partial charge in [0.1, 0.15) is 18.3 Å². The Balaban J connectivity index is 1.87. The van der Waals surface area contributed by atoms with E-state index in [2.05, 4.69) is 4.99 Å². The summed E-state index contributed by atoms with van der Waals surface area (Å²) < 4.78 is 41.3. The van der Waals surface area contributed by atoms with E-state index in [-0.39, 0.29) is 23.8 Å². The molecule has 0 unspecified atom stereocenters. The van der Waals surface area contributed by atoms with Gasteiger partial charge in [-0.15, -0.1) is 0 Å². The zero-order valence-electron chi connectivity index (χ0n) is 12.3. The molecule has 1 aliphatic heterocycles. The average molecular weight is 353 g/mol. The van der Waals surface area contributed by atoms with Crippen LogP contribution in [0.3, 0.4) is 0 Å². The van der Waals surface area contributed by atoms with Crippen molar-refractivity contribution >= 4 is 23.4 Å². The standard InChI is InChI=1S/C17H12ClF3N2O/c18-12-4-14(19)13(15(20)5-12)8-23-7-11(6-22-9-23)10-1-2-17(24)16(21)3-10/h1-7,24H,8-9H2. The van der Waals surface area contributed by atoms with E-state index in [4.69, 9.17) is 11.6 Å². The molecule has 0 aromatic heterocycles. The zero-order chi connectivity index (χ0) is 17.3. The van der Waals surface area contributed by atoms with E-state index < -0.39 is 23.2 Å². The molecular weight excluding hydrogens is 341 g/mol. The molecular formula is C17H12ClF3N2O. The third-order valence-corrected chi connectivity index (χ3v) is 3.78. The van der Waals surface area contributed by atoms with Crippen LogP contribution in [0.1, 0.15) is 11.1 Å². The maximum Gasteiger partial charge on any atom is 0.165 e. The minimum Gasteiger partial charge on any atom is -0.505 e. The maximum absolute atomic E-state index is 13.9. The monoisotopic (exact) mass is 352 g/mol. The number of nitrogens with zero attached hydrogens (tertiary/aromatic N) is 2. The quantitative estimate of drug-likeness (QED) is 0.891. The lowest BCUT2D eigenvalue weighted by atomic mass is 10.1. The van der Waals surface area contributed by atoms with E-state index in [0.29, 0.717) is 11.1 Å². The third-order valence-electron chi connectivity index (χ3n) is 3.56. The van der Waals surface area contributed by atoms with E-state index in [1.807, 2.05) is 0 Å². The Kier molecular flexibility index (Phi) is 4.49. The van der Waals surface area contributed by atoms with Crippen molar-refractivity contribution in [1.29, 1.82) is 0 Å². The van der Waals surface area contributed by atoms with Gasteiger partial charge in [-0.25, -0.2) is 13.2 Å². The fraction of sp³-hybridized carbons (Fsp3) is 0.118. The number of hydrogen-bond acceptors (Lipinski definition) is 3. The van der Waals surface area contributed by atoms with Gasteiger partial charge in [0.2, 0.25) is 0 Å². The first kappa shape index (κ1) is 16.4. The lowest BCUT2D eigenvalue weighted by Crippen LogP contribution is -2.22. The minimum atomic E-state index is -0.756. The normalized spacial score (nSPS) is 14.0. The highest BCUT2D eigenvalue weighted by molar-refractivity contribution is 6.30. The number of rotatable bonds is 3. The summed E-state index contributed by atoms with van der Waals surface area (Å²) in [7, 11) is 0. The number of allylic oxidation sites excluding steroid dienone is 1. The highest BCUT2D eigenvalue weighted by Gasteiger charge is 2.16. The Hall–Kier alpha value is -2.47. The van der Waals surface area contributed by atoms with Crippen molar-refractivity contribution in [3.63, 3.8) is 0 Å². The molecule has 2 aromatic rings. The number of phenolic OH excluding ortho intramolecular Hbond substituents is 1. The summed E-state index contributed by atoms with van der Waals surface area (Å²) in [5.41, 5.74) is 0.940. The molecule has 3 rings (SSSR count). The van der Waals surface area contributed by atoms with Crippen LogP contribution in [0.2, 0.25) is 5.02 Å². The molecule has 0 fully saturated rings.